The molecule has 0 aliphatic carbocycles. The quantitative estimate of drug-likeness (QED) is 0.100. The van der Waals surface area contributed by atoms with E-state index < -0.39 is 0 Å². The molecule has 4 rings (SSSR count). The van der Waals surface area contributed by atoms with Crippen LogP contribution in [0.5, 0.6) is 0 Å². The number of aliphatic hydroxyl groups excluding tert-OH is 4. The highest BCUT2D eigenvalue weighted by Crippen LogP contribution is 2.27. The highest BCUT2D eigenvalue weighted by Gasteiger charge is 2.22. The van der Waals surface area contributed by atoms with Crippen LogP contribution in [0.3, 0.4) is 0 Å². The maximum Gasteiger partial charge on any atom is 0.0465 e. The predicted molar refractivity (Wildman–Crippen MR) is 181 cm³/mol. The fraction of sp³-hybridized carbons (Fsp3) is 0.400. The lowest BCUT2D eigenvalue weighted by atomic mass is 9.80. The van der Waals surface area contributed by atoms with Gasteiger partial charge in [0, 0.05) is 26.4 Å². The van der Waals surface area contributed by atoms with Crippen LogP contribution in [0.1, 0.15) is 47.9 Å². The largest absolute Gasteiger partial charge is 0.396 e. The van der Waals surface area contributed by atoms with Crippen molar-refractivity contribution in [1.82, 2.24) is 0 Å². The van der Waals surface area contributed by atoms with Gasteiger partial charge in [-0.25, -0.2) is 0 Å². The van der Waals surface area contributed by atoms with Crippen LogP contribution in [-0.4, -0.2) is 46.9 Å². The minimum absolute atomic E-state index is 0.192. The van der Waals surface area contributed by atoms with Gasteiger partial charge in [0.1, 0.15) is 0 Å². The van der Waals surface area contributed by atoms with E-state index in [1.54, 1.807) is 0 Å². The molecule has 236 valence electrons. The summed E-state index contributed by atoms with van der Waals surface area (Å²) in [5, 5.41) is 38.1. The van der Waals surface area contributed by atoms with Crippen LogP contribution >= 0.6 is 0 Å². The molecule has 4 N–H and O–H groups in total. The highest BCUT2D eigenvalue weighted by molar-refractivity contribution is 5.19. The van der Waals surface area contributed by atoms with Gasteiger partial charge in [0.25, 0.3) is 0 Å². The molecule has 0 aromatic heterocycles. The minimum atomic E-state index is 0.192. The second-order valence-corrected chi connectivity index (χ2v) is 11.9. The molecule has 0 fully saturated rings. The molecule has 4 nitrogen and oxygen atoms in total. The summed E-state index contributed by atoms with van der Waals surface area (Å²) >= 11 is 0. The monoisotopic (exact) mass is 596 g/mol. The SMILES string of the molecule is OCCC[C@@H](Cc1ccccc1)[C@@H](CO)Cc1ccccc1.OCCC[C@H](Cc1ccccc1)[C@H](CO)Cc1ccccc1. The van der Waals surface area contributed by atoms with Crippen molar-refractivity contribution in [3.8, 4) is 0 Å². The molecule has 0 spiro atoms. The van der Waals surface area contributed by atoms with Crippen molar-refractivity contribution in [2.24, 2.45) is 23.7 Å². The van der Waals surface area contributed by atoms with E-state index in [1.165, 1.54) is 22.3 Å². The second-order valence-electron chi connectivity index (χ2n) is 11.9. The van der Waals surface area contributed by atoms with Crippen LogP contribution in [-0.2, 0) is 25.7 Å². The number of benzene rings is 4. The van der Waals surface area contributed by atoms with Gasteiger partial charge in [-0.15, -0.1) is 0 Å². The van der Waals surface area contributed by atoms with Crippen LogP contribution in [0.25, 0.3) is 0 Å². The Morgan fingerprint density at radius 1 is 0.341 bits per heavy atom. The van der Waals surface area contributed by atoms with Gasteiger partial charge in [-0.05, 0) is 97.3 Å². The van der Waals surface area contributed by atoms with Gasteiger partial charge in [0.15, 0.2) is 0 Å². The van der Waals surface area contributed by atoms with Crippen molar-refractivity contribution >= 4 is 0 Å². The van der Waals surface area contributed by atoms with Crippen LogP contribution < -0.4 is 0 Å². The molecule has 4 aromatic carbocycles. The predicted octanol–water partition coefficient (Wildman–Crippen LogP) is 6.94. The molecule has 0 aliphatic rings. The molecule has 0 radical (unpaired) electrons. The molecule has 0 aliphatic heterocycles. The number of hydrogen-bond acceptors (Lipinski definition) is 4. The Morgan fingerprint density at radius 3 is 0.818 bits per heavy atom. The van der Waals surface area contributed by atoms with Gasteiger partial charge in [-0.1, -0.05) is 121 Å². The van der Waals surface area contributed by atoms with Crippen molar-refractivity contribution in [2.45, 2.75) is 51.4 Å². The Labute approximate surface area is 265 Å². The van der Waals surface area contributed by atoms with Crippen molar-refractivity contribution < 1.29 is 20.4 Å². The van der Waals surface area contributed by atoms with E-state index in [4.69, 9.17) is 10.2 Å². The Morgan fingerprint density at radius 2 is 0.591 bits per heavy atom. The summed E-state index contributed by atoms with van der Waals surface area (Å²) in [6.07, 6.45) is 7.18. The molecular formula is C40H52O4. The van der Waals surface area contributed by atoms with Gasteiger partial charge in [0.2, 0.25) is 0 Å². The first-order chi connectivity index (χ1) is 21.7. The van der Waals surface area contributed by atoms with Gasteiger partial charge in [0.05, 0.1) is 0 Å². The topological polar surface area (TPSA) is 80.9 Å². The fourth-order valence-corrected chi connectivity index (χ4v) is 6.14. The molecule has 4 atom stereocenters. The standard InChI is InChI=1S/2C20H26O2/c2*21-13-7-12-19(14-17-8-3-1-4-9-17)20(16-22)15-18-10-5-2-6-11-18/h2*1-6,8-11,19-22H,7,12-16H2/t2*19-,20+/m10/s1. The van der Waals surface area contributed by atoms with Gasteiger partial charge in [-0.2, -0.15) is 0 Å². The van der Waals surface area contributed by atoms with E-state index in [-0.39, 0.29) is 38.3 Å². The lowest BCUT2D eigenvalue weighted by molar-refractivity contribution is 0.158. The zero-order chi connectivity index (χ0) is 31.2. The second kappa shape index (κ2) is 21.4. The van der Waals surface area contributed by atoms with Crippen LogP contribution in [0, 0.1) is 23.7 Å². The number of aliphatic hydroxyl groups is 4. The Balaban J connectivity index is 0.000000240. The third-order valence-electron chi connectivity index (χ3n) is 8.63. The average molecular weight is 597 g/mol. The van der Waals surface area contributed by atoms with Crippen LogP contribution in [0.4, 0.5) is 0 Å². The fourth-order valence-electron chi connectivity index (χ4n) is 6.14. The van der Waals surface area contributed by atoms with Crippen molar-refractivity contribution in [3.63, 3.8) is 0 Å². The lowest BCUT2D eigenvalue weighted by Gasteiger charge is -2.26. The van der Waals surface area contributed by atoms with Gasteiger partial charge < -0.3 is 20.4 Å². The van der Waals surface area contributed by atoms with Crippen molar-refractivity contribution in [1.29, 1.82) is 0 Å². The Bertz CT molecular complexity index is 1120. The van der Waals surface area contributed by atoms with Gasteiger partial charge in [-0.3, -0.25) is 0 Å². The van der Waals surface area contributed by atoms with E-state index in [0.717, 1.165) is 51.4 Å². The summed E-state index contributed by atoms with van der Waals surface area (Å²) in [4.78, 5) is 0. The van der Waals surface area contributed by atoms with E-state index >= 15 is 0 Å². The third kappa shape index (κ3) is 13.2. The summed E-state index contributed by atoms with van der Waals surface area (Å²) in [5.41, 5.74) is 5.14. The normalized spacial score (nSPS) is 13.7. The number of rotatable bonds is 18. The van der Waals surface area contributed by atoms with Crippen molar-refractivity contribution in [2.75, 3.05) is 26.4 Å². The molecule has 4 heteroatoms. The van der Waals surface area contributed by atoms with E-state index in [9.17, 15) is 10.2 Å². The molecule has 44 heavy (non-hydrogen) atoms. The maximum atomic E-state index is 9.87. The summed E-state index contributed by atoms with van der Waals surface area (Å²) in [5.74, 6) is 1.24. The van der Waals surface area contributed by atoms with Crippen molar-refractivity contribution in [3.05, 3.63) is 144 Å². The average Bonchev–Trinajstić information content (AvgIpc) is 3.08. The van der Waals surface area contributed by atoms with Gasteiger partial charge >= 0.3 is 0 Å². The molecule has 0 amide bonds. The maximum absolute atomic E-state index is 9.87. The zero-order valence-electron chi connectivity index (χ0n) is 26.1. The molecule has 0 heterocycles. The molecule has 4 aromatic rings. The smallest absolute Gasteiger partial charge is 0.0465 e. The molecule has 0 unspecified atom stereocenters. The van der Waals surface area contributed by atoms with E-state index in [0.29, 0.717) is 11.8 Å². The third-order valence-corrected chi connectivity index (χ3v) is 8.63. The van der Waals surface area contributed by atoms with Crippen LogP contribution in [0.2, 0.25) is 0 Å². The first kappa shape index (κ1) is 35.2. The Hall–Kier alpha value is -3.28. The summed E-state index contributed by atoms with van der Waals surface area (Å²) in [6.45, 7) is 0.819. The Kier molecular flexibility index (Phi) is 17.1. The lowest BCUT2D eigenvalue weighted by Crippen LogP contribution is -2.23. The molecule has 0 bridgehead atoms. The van der Waals surface area contributed by atoms with E-state index in [2.05, 4.69) is 72.8 Å². The summed E-state index contributed by atoms with van der Waals surface area (Å²) in [6, 6.07) is 41.6. The van der Waals surface area contributed by atoms with Crippen LogP contribution in [0.15, 0.2) is 121 Å². The summed E-state index contributed by atoms with van der Waals surface area (Å²) in [7, 11) is 0. The first-order valence-electron chi connectivity index (χ1n) is 16.3. The first-order valence-corrected chi connectivity index (χ1v) is 16.3. The van der Waals surface area contributed by atoms with E-state index in [1.807, 2.05) is 48.5 Å². The molecule has 0 saturated carbocycles. The molecule has 0 saturated heterocycles. The molecular weight excluding hydrogens is 544 g/mol. The number of hydrogen-bond donors (Lipinski definition) is 4. The highest BCUT2D eigenvalue weighted by atomic mass is 16.3. The minimum Gasteiger partial charge on any atom is -0.396 e. The summed E-state index contributed by atoms with van der Waals surface area (Å²) < 4.78 is 0. The zero-order valence-corrected chi connectivity index (χ0v) is 26.1.